The first-order chi connectivity index (χ1) is 19.1. The molecule has 0 fully saturated rings. The Bertz CT molecular complexity index is 1940. The lowest BCUT2D eigenvalue weighted by atomic mass is 9.74. The van der Waals surface area contributed by atoms with E-state index in [0.717, 1.165) is 12.8 Å². The van der Waals surface area contributed by atoms with E-state index in [0.29, 0.717) is 0 Å². The van der Waals surface area contributed by atoms with E-state index in [1.807, 2.05) is 0 Å². The van der Waals surface area contributed by atoms with Crippen LogP contribution < -0.4 is 4.90 Å². The Morgan fingerprint density at radius 3 is 2.23 bits per heavy atom. The van der Waals surface area contributed by atoms with Crippen LogP contribution in [0.4, 0.5) is 11.4 Å². The minimum atomic E-state index is -0.129. The minimum absolute atomic E-state index is 0.129. The van der Waals surface area contributed by atoms with E-state index in [1.165, 1.54) is 66.8 Å². The molecule has 6 aromatic rings. The van der Waals surface area contributed by atoms with Gasteiger partial charge in [0.05, 0.1) is 16.7 Å². The number of aryl methyl sites for hydroxylation is 1. The SMILES string of the molecule is CC1(C)c2ccccc2-n2c3ccccc3c3cc(C4=CCCc5ccccc5N4c4ccccc4)cc1c32. The van der Waals surface area contributed by atoms with Crippen molar-refractivity contribution in [1.29, 1.82) is 0 Å². The highest BCUT2D eigenvalue weighted by Gasteiger charge is 2.36. The Kier molecular flexibility index (Phi) is 4.73. The highest BCUT2D eigenvalue weighted by atomic mass is 15.2. The Balaban J connectivity index is 1.46. The maximum Gasteiger partial charge on any atom is 0.0582 e. The number of hydrogen-bond acceptors (Lipinski definition) is 1. The summed E-state index contributed by atoms with van der Waals surface area (Å²) < 4.78 is 2.50. The molecule has 0 bridgehead atoms. The molecule has 0 amide bonds. The van der Waals surface area contributed by atoms with Crippen molar-refractivity contribution in [3.05, 3.63) is 144 Å². The molecule has 2 aliphatic rings. The largest absolute Gasteiger partial charge is 0.310 e. The number of nitrogens with zero attached hydrogens (tertiary/aromatic N) is 2. The van der Waals surface area contributed by atoms with Crippen LogP contribution in [0.3, 0.4) is 0 Å². The summed E-state index contributed by atoms with van der Waals surface area (Å²) in [6.45, 7) is 4.77. The van der Waals surface area contributed by atoms with Gasteiger partial charge in [0.2, 0.25) is 0 Å². The second-order valence-electron chi connectivity index (χ2n) is 11.3. The second kappa shape index (κ2) is 8.22. The number of hydrogen-bond donors (Lipinski definition) is 0. The molecule has 39 heavy (non-hydrogen) atoms. The molecule has 0 unspecified atom stereocenters. The van der Waals surface area contributed by atoms with Crippen LogP contribution in [-0.4, -0.2) is 4.57 Å². The van der Waals surface area contributed by atoms with E-state index >= 15 is 0 Å². The molecule has 0 atom stereocenters. The maximum atomic E-state index is 2.50. The molecule has 3 heterocycles. The third-order valence-electron chi connectivity index (χ3n) is 8.80. The van der Waals surface area contributed by atoms with Gasteiger partial charge in [0.25, 0.3) is 0 Å². The highest BCUT2D eigenvalue weighted by Crippen LogP contribution is 2.49. The zero-order valence-electron chi connectivity index (χ0n) is 22.4. The fourth-order valence-electron chi connectivity index (χ4n) is 6.94. The predicted octanol–water partition coefficient (Wildman–Crippen LogP) is 9.55. The van der Waals surface area contributed by atoms with Gasteiger partial charge in [0.1, 0.15) is 0 Å². The molecular weight excluding hydrogens is 472 g/mol. The molecule has 2 aliphatic heterocycles. The summed E-state index contributed by atoms with van der Waals surface area (Å²) in [7, 11) is 0. The Labute approximate surface area is 229 Å². The number of fused-ring (bicyclic) bond motifs is 6. The molecule has 188 valence electrons. The number of para-hydroxylation sites is 4. The van der Waals surface area contributed by atoms with Crippen LogP contribution in [0, 0.1) is 0 Å². The fraction of sp³-hybridized carbons (Fsp3) is 0.135. The van der Waals surface area contributed by atoms with Gasteiger partial charge in [-0.1, -0.05) is 92.7 Å². The molecule has 8 rings (SSSR count). The van der Waals surface area contributed by atoms with E-state index < -0.39 is 0 Å². The van der Waals surface area contributed by atoms with Crippen molar-refractivity contribution in [1.82, 2.24) is 4.57 Å². The van der Waals surface area contributed by atoms with Crippen molar-refractivity contribution in [2.75, 3.05) is 4.90 Å². The van der Waals surface area contributed by atoms with E-state index in [1.54, 1.807) is 0 Å². The van der Waals surface area contributed by atoms with Crippen LogP contribution in [0.2, 0.25) is 0 Å². The van der Waals surface area contributed by atoms with Crippen molar-refractivity contribution < 1.29 is 0 Å². The van der Waals surface area contributed by atoms with Gasteiger partial charge < -0.3 is 9.47 Å². The lowest BCUT2D eigenvalue weighted by Crippen LogP contribution is -2.26. The molecule has 5 aromatic carbocycles. The molecule has 0 spiro atoms. The molecule has 0 aliphatic carbocycles. The average molecular weight is 503 g/mol. The molecule has 0 N–H and O–H groups in total. The average Bonchev–Trinajstić information content (AvgIpc) is 3.18. The van der Waals surface area contributed by atoms with Crippen LogP contribution in [0.15, 0.2) is 121 Å². The van der Waals surface area contributed by atoms with Crippen LogP contribution >= 0.6 is 0 Å². The van der Waals surface area contributed by atoms with Gasteiger partial charge in [0, 0.05) is 33.3 Å². The van der Waals surface area contributed by atoms with Crippen molar-refractivity contribution in [3.63, 3.8) is 0 Å². The summed E-state index contributed by atoms with van der Waals surface area (Å²) >= 11 is 0. The Morgan fingerprint density at radius 2 is 1.36 bits per heavy atom. The van der Waals surface area contributed by atoms with E-state index in [2.05, 4.69) is 145 Å². The summed E-state index contributed by atoms with van der Waals surface area (Å²) in [5.41, 5.74) is 12.9. The van der Waals surface area contributed by atoms with Gasteiger partial charge >= 0.3 is 0 Å². The van der Waals surface area contributed by atoms with Gasteiger partial charge in [-0.05, 0) is 77.6 Å². The van der Waals surface area contributed by atoms with E-state index in [4.69, 9.17) is 0 Å². The summed E-state index contributed by atoms with van der Waals surface area (Å²) in [5.74, 6) is 0. The summed E-state index contributed by atoms with van der Waals surface area (Å²) in [6.07, 6.45) is 4.50. The van der Waals surface area contributed by atoms with Gasteiger partial charge in [0.15, 0.2) is 0 Å². The van der Waals surface area contributed by atoms with Crippen LogP contribution in [0.25, 0.3) is 33.2 Å². The predicted molar refractivity (Wildman–Crippen MR) is 164 cm³/mol. The molecule has 1 aromatic heterocycles. The van der Waals surface area contributed by atoms with Crippen LogP contribution in [-0.2, 0) is 11.8 Å². The zero-order chi connectivity index (χ0) is 26.1. The number of benzene rings is 5. The van der Waals surface area contributed by atoms with Crippen molar-refractivity contribution in [2.24, 2.45) is 0 Å². The van der Waals surface area contributed by atoms with E-state index in [9.17, 15) is 0 Å². The molecule has 2 heteroatoms. The highest BCUT2D eigenvalue weighted by molar-refractivity contribution is 6.13. The zero-order valence-corrected chi connectivity index (χ0v) is 22.4. The number of anilines is 2. The molecule has 0 radical (unpaired) electrons. The first-order valence-corrected chi connectivity index (χ1v) is 13.9. The normalized spacial score (nSPS) is 15.5. The smallest absolute Gasteiger partial charge is 0.0582 e. The quantitative estimate of drug-likeness (QED) is 0.229. The minimum Gasteiger partial charge on any atom is -0.310 e. The first-order valence-electron chi connectivity index (χ1n) is 13.9. The second-order valence-corrected chi connectivity index (χ2v) is 11.3. The van der Waals surface area contributed by atoms with Crippen molar-refractivity contribution in [2.45, 2.75) is 32.1 Å². The number of aromatic nitrogens is 1. The topological polar surface area (TPSA) is 8.17 Å². The fourth-order valence-corrected chi connectivity index (χ4v) is 6.94. The number of rotatable bonds is 2. The van der Waals surface area contributed by atoms with Crippen molar-refractivity contribution in [3.8, 4) is 5.69 Å². The Morgan fingerprint density at radius 1 is 0.641 bits per heavy atom. The summed E-state index contributed by atoms with van der Waals surface area (Å²) in [6, 6.07) is 42.5. The van der Waals surface area contributed by atoms with Gasteiger partial charge in [-0.3, -0.25) is 0 Å². The van der Waals surface area contributed by atoms with Crippen molar-refractivity contribution >= 4 is 38.9 Å². The molecule has 2 nitrogen and oxygen atoms in total. The van der Waals surface area contributed by atoms with Gasteiger partial charge in [-0.25, -0.2) is 0 Å². The summed E-state index contributed by atoms with van der Waals surface area (Å²) in [5, 5.41) is 2.64. The lowest BCUT2D eigenvalue weighted by molar-refractivity contribution is 0.630. The summed E-state index contributed by atoms with van der Waals surface area (Å²) in [4.78, 5) is 2.47. The number of allylic oxidation sites excluding steroid dienone is 1. The van der Waals surface area contributed by atoms with E-state index in [-0.39, 0.29) is 5.41 Å². The monoisotopic (exact) mass is 502 g/mol. The van der Waals surface area contributed by atoms with Crippen LogP contribution in [0.1, 0.15) is 42.5 Å². The molecular formula is C37H30N2. The lowest BCUT2D eigenvalue weighted by Gasteiger charge is -2.36. The molecule has 0 saturated carbocycles. The van der Waals surface area contributed by atoms with Gasteiger partial charge in [-0.15, -0.1) is 0 Å². The Hall–Kier alpha value is -4.56. The van der Waals surface area contributed by atoms with Gasteiger partial charge in [-0.2, -0.15) is 0 Å². The third kappa shape index (κ3) is 3.15. The molecule has 0 saturated heterocycles. The maximum absolute atomic E-state index is 2.50. The standard InChI is InChI=1S/C37H30N2/c1-37(2)30-18-8-11-21-35(30)39-34-20-10-7-17-28(34)29-23-26(24-31(37)36(29)39)33-22-12-14-25-13-6-9-19-32(25)38(33)27-15-4-3-5-16-27/h3-11,13,15-24H,12,14H2,1-2H3. The van der Waals surface area contributed by atoms with Crippen LogP contribution in [0.5, 0.6) is 0 Å². The first kappa shape index (κ1) is 22.4. The third-order valence-corrected chi connectivity index (χ3v) is 8.80.